The number of nitrogens with zero attached hydrogens (tertiary/aromatic N) is 5. The molecule has 0 saturated carbocycles. The monoisotopic (exact) mass is 304 g/mol. The molecule has 0 bridgehead atoms. The van der Waals surface area contributed by atoms with Crippen molar-refractivity contribution in [2.24, 2.45) is 0 Å². The largest absolute Gasteiger partial charge is 0.363 e. The molecule has 114 valence electrons. The minimum absolute atomic E-state index is 0.510. The zero-order valence-corrected chi connectivity index (χ0v) is 13.0. The van der Waals surface area contributed by atoms with Gasteiger partial charge in [0.15, 0.2) is 5.82 Å². The standard InChI is InChI=1S/C17H16N6/c1-12-13(2)21-22-17(15(12)9-18)20-10-14-5-3-4-6-16(14)23-8-7-19-11-23/h3-8,11H,10H2,1-2H3,(H,20,22). The zero-order chi connectivity index (χ0) is 16.2. The third kappa shape index (κ3) is 2.90. The second kappa shape index (κ2) is 6.28. The van der Waals surface area contributed by atoms with Crippen LogP contribution in [0, 0.1) is 25.2 Å². The van der Waals surface area contributed by atoms with Gasteiger partial charge in [0, 0.05) is 18.9 Å². The van der Waals surface area contributed by atoms with Crippen molar-refractivity contribution in [3.63, 3.8) is 0 Å². The van der Waals surface area contributed by atoms with Gasteiger partial charge in [-0.25, -0.2) is 4.98 Å². The van der Waals surface area contributed by atoms with E-state index in [2.05, 4.69) is 26.6 Å². The third-order valence-electron chi connectivity index (χ3n) is 3.79. The number of imidazole rings is 1. The van der Waals surface area contributed by atoms with E-state index >= 15 is 0 Å². The van der Waals surface area contributed by atoms with Crippen LogP contribution in [0.5, 0.6) is 0 Å². The number of benzene rings is 1. The molecule has 0 radical (unpaired) electrons. The Balaban J connectivity index is 1.89. The smallest absolute Gasteiger partial charge is 0.167 e. The summed E-state index contributed by atoms with van der Waals surface area (Å²) in [4.78, 5) is 4.08. The molecule has 2 aromatic heterocycles. The summed E-state index contributed by atoms with van der Waals surface area (Å²) >= 11 is 0. The average Bonchev–Trinajstić information content (AvgIpc) is 3.10. The molecule has 0 unspecified atom stereocenters. The number of hydrogen-bond acceptors (Lipinski definition) is 5. The van der Waals surface area contributed by atoms with E-state index in [1.165, 1.54) is 0 Å². The highest BCUT2D eigenvalue weighted by Gasteiger charge is 2.11. The highest BCUT2D eigenvalue weighted by molar-refractivity contribution is 5.56. The van der Waals surface area contributed by atoms with Gasteiger partial charge in [0.05, 0.1) is 17.7 Å². The SMILES string of the molecule is Cc1nnc(NCc2ccccc2-n2ccnc2)c(C#N)c1C. The van der Waals surface area contributed by atoms with Crippen LogP contribution in [0.4, 0.5) is 5.82 Å². The molecule has 0 fully saturated rings. The molecule has 3 rings (SSSR count). The summed E-state index contributed by atoms with van der Waals surface area (Å²) in [5.41, 5.74) is 4.28. The molecule has 1 aromatic carbocycles. The van der Waals surface area contributed by atoms with Crippen LogP contribution < -0.4 is 5.32 Å². The van der Waals surface area contributed by atoms with Crippen LogP contribution >= 0.6 is 0 Å². The number of rotatable bonds is 4. The van der Waals surface area contributed by atoms with E-state index in [4.69, 9.17) is 0 Å². The summed E-state index contributed by atoms with van der Waals surface area (Å²) in [5.74, 6) is 0.510. The lowest BCUT2D eigenvalue weighted by atomic mass is 10.1. The second-order valence-electron chi connectivity index (χ2n) is 5.20. The molecule has 0 aliphatic rings. The molecule has 0 spiro atoms. The van der Waals surface area contributed by atoms with Gasteiger partial charge in [-0.3, -0.25) is 0 Å². The maximum atomic E-state index is 9.36. The first-order valence-corrected chi connectivity index (χ1v) is 7.25. The molecule has 6 nitrogen and oxygen atoms in total. The lowest BCUT2D eigenvalue weighted by molar-refractivity contribution is 0.934. The van der Waals surface area contributed by atoms with Crippen molar-refractivity contribution in [2.75, 3.05) is 5.32 Å². The maximum Gasteiger partial charge on any atom is 0.167 e. The van der Waals surface area contributed by atoms with Crippen LogP contribution in [-0.2, 0) is 6.54 Å². The normalized spacial score (nSPS) is 10.3. The van der Waals surface area contributed by atoms with Gasteiger partial charge in [-0.2, -0.15) is 10.4 Å². The Hall–Kier alpha value is -3.20. The zero-order valence-electron chi connectivity index (χ0n) is 13.0. The minimum Gasteiger partial charge on any atom is -0.363 e. The Bertz CT molecular complexity index is 861. The number of para-hydroxylation sites is 1. The summed E-state index contributed by atoms with van der Waals surface area (Å²) in [6, 6.07) is 10.2. The molecular weight excluding hydrogens is 288 g/mol. The van der Waals surface area contributed by atoms with Gasteiger partial charge in [0.25, 0.3) is 0 Å². The highest BCUT2D eigenvalue weighted by Crippen LogP contribution is 2.20. The first kappa shape index (κ1) is 14.7. The Morgan fingerprint density at radius 2 is 2.04 bits per heavy atom. The number of aryl methyl sites for hydroxylation is 1. The molecule has 6 heteroatoms. The fourth-order valence-corrected chi connectivity index (χ4v) is 2.36. The quantitative estimate of drug-likeness (QED) is 0.801. The molecule has 0 atom stereocenters. The topological polar surface area (TPSA) is 79.4 Å². The van der Waals surface area contributed by atoms with Crippen molar-refractivity contribution >= 4 is 5.82 Å². The number of nitrogens with one attached hydrogen (secondary N) is 1. The van der Waals surface area contributed by atoms with Crippen LogP contribution in [0.15, 0.2) is 43.0 Å². The highest BCUT2D eigenvalue weighted by atomic mass is 15.2. The fourth-order valence-electron chi connectivity index (χ4n) is 2.36. The predicted octanol–water partition coefficient (Wildman–Crippen LogP) is 2.76. The van der Waals surface area contributed by atoms with E-state index in [1.807, 2.05) is 48.9 Å². The first-order valence-electron chi connectivity index (χ1n) is 7.25. The van der Waals surface area contributed by atoms with Crippen molar-refractivity contribution in [3.05, 3.63) is 65.4 Å². The van der Waals surface area contributed by atoms with Crippen LogP contribution in [0.25, 0.3) is 5.69 Å². The first-order chi connectivity index (χ1) is 11.2. The summed E-state index contributed by atoms with van der Waals surface area (Å²) in [6.45, 7) is 4.27. The molecule has 0 amide bonds. The minimum atomic E-state index is 0.510. The van der Waals surface area contributed by atoms with Crippen LogP contribution in [-0.4, -0.2) is 19.7 Å². The molecule has 2 heterocycles. The Kier molecular flexibility index (Phi) is 4.02. The van der Waals surface area contributed by atoms with E-state index < -0.39 is 0 Å². The summed E-state index contributed by atoms with van der Waals surface area (Å²) < 4.78 is 1.95. The summed E-state index contributed by atoms with van der Waals surface area (Å²) in [7, 11) is 0. The number of aromatic nitrogens is 4. The van der Waals surface area contributed by atoms with Gasteiger partial charge in [0.1, 0.15) is 11.6 Å². The lowest BCUT2D eigenvalue weighted by Crippen LogP contribution is -2.09. The fraction of sp³-hybridized carbons (Fsp3) is 0.176. The Morgan fingerprint density at radius 1 is 1.22 bits per heavy atom. The van der Waals surface area contributed by atoms with Gasteiger partial charge in [-0.05, 0) is 31.0 Å². The van der Waals surface area contributed by atoms with Crippen LogP contribution in [0.2, 0.25) is 0 Å². The summed E-state index contributed by atoms with van der Waals surface area (Å²) in [5, 5.41) is 20.8. The van der Waals surface area contributed by atoms with E-state index in [9.17, 15) is 5.26 Å². The molecule has 23 heavy (non-hydrogen) atoms. The Labute approximate surface area is 134 Å². The van der Waals surface area contributed by atoms with Crippen LogP contribution in [0.1, 0.15) is 22.4 Å². The third-order valence-corrected chi connectivity index (χ3v) is 3.79. The number of hydrogen-bond donors (Lipinski definition) is 1. The van der Waals surface area contributed by atoms with E-state index in [1.54, 1.807) is 12.5 Å². The van der Waals surface area contributed by atoms with E-state index in [-0.39, 0.29) is 0 Å². The summed E-state index contributed by atoms with van der Waals surface area (Å²) in [6.07, 6.45) is 5.40. The van der Waals surface area contributed by atoms with Crippen molar-refractivity contribution in [3.8, 4) is 11.8 Å². The second-order valence-corrected chi connectivity index (χ2v) is 5.20. The van der Waals surface area contributed by atoms with Crippen molar-refractivity contribution < 1.29 is 0 Å². The van der Waals surface area contributed by atoms with E-state index in [0.29, 0.717) is 17.9 Å². The van der Waals surface area contributed by atoms with Crippen LogP contribution in [0.3, 0.4) is 0 Å². The number of anilines is 1. The number of nitriles is 1. The van der Waals surface area contributed by atoms with Gasteiger partial charge in [0.2, 0.25) is 0 Å². The Morgan fingerprint density at radius 3 is 2.78 bits per heavy atom. The van der Waals surface area contributed by atoms with Crippen molar-refractivity contribution in [1.29, 1.82) is 5.26 Å². The lowest BCUT2D eigenvalue weighted by Gasteiger charge is -2.13. The maximum absolute atomic E-state index is 9.36. The molecule has 3 aromatic rings. The van der Waals surface area contributed by atoms with E-state index in [0.717, 1.165) is 22.5 Å². The molecule has 0 saturated heterocycles. The van der Waals surface area contributed by atoms with Crippen molar-refractivity contribution in [1.82, 2.24) is 19.7 Å². The van der Waals surface area contributed by atoms with Crippen molar-refractivity contribution in [2.45, 2.75) is 20.4 Å². The van der Waals surface area contributed by atoms with Gasteiger partial charge < -0.3 is 9.88 Å². The van der Waals surface area contributed by atoms with Gasteiger partial charge >= 0.3 is 0 Å². The predicted molar refractivity (Wildman–Crippen MR) is 87.1 cm³/mol. The molecular formula is C17H16N6. The molecule has 1 N–H and O–H groups in total. The van der Waals surface area contributed by atoms with Gasteiger partial charge in [-0.1, -0.05) is 18.2 Å². The molecule has 0 aliphatic heterocycles. The average molecular weight is 304 g/mol. The van der Waals surface area contributed by atoms with Gasteiger partial charge in [-0.15, -0.1) is 5.10 Å². The molecule has 0 aliphatic carbocycles.